The van der Waals surface area contributed by atoms with Gasteiger partial charge in [-0.2, -0.15) is 13.2 Å². The molecule has 1 saturated heterocycles. The molecule has 1 aliphatic heterocycles. The molecule has 1 aliphatic rings. The number of carbonyl (C=O) groups is 2. The molecule has 2 heterocycles. The minimum atomic E-state index is -4.60. The van der Waals surface area contributed by atoms with Gasteiger partial charge in [0, 0.05) is 24.7 Å². The molecule has 0 radical (unpaired) electrons. The number of aliphatic carboxylic acids is 1. The Hall–Kier alpha value is -2.58. The van der Waals surface area contributed by atoms with E-state index < -0.39 is 29.9 Å². The monoisotopic (exact) mass is 397 g/mol. The number of piperidine rings is 1. The van der Waals surface area contributed by atoms with E-state index in [2.05, 4.69) is 4.98 Å². The number of carboxylic acids is 1. The number of nitrogens with zero attached hydrogens (tertiary/aromatic N) is 3. The van der Waals surface area contributed by atoms with Gasteiger partial charge in [-0.1, -0.05) is 6.92 Å². The molecule has 0 bridgehead atoms. The summed E-state index contributed by atoms with van der Waals surface area (Å²) < 4.78 is 41.1. The number of amides is 1. The molecule has 2 aromatic rings. The number of hydrogen-bond donors (Lipinski definition) is 1. The van der Waals surface area contributed by atoms with Crippen molar-refractivity contribution >= 4 is 22.9 Å². The predicted octanol–water partition coefficient (Wildman–Crippen LogP) is 3.82. The van der Waals surface area contributed by atoms with Crippen LogP contribution in [0.25, 0.3) is 11.0 Å². The van der Waals surface area contributed by atoms with E-state index in [1.54, 1.807) is 25.7 Å². The third-order valence-corrected chi connectivity index (χ3v) is 5.22. The predicted molar refractivity (Wildman–Crippen MR) is 95.9 cm³/mol. The highest BCUT2D eigenvalue weighted by atomic mass is 19.4. The van der Waals surface area contributed by atoms with E-state index in [1.165, 1.54) is 18.2 Å². The Bertz CT molecular complexity index is 920. The summed E-state index contributed by atoms with van der Waals surface area (Å²) in [4.78, 5) is 29.3. The van der Waals surface area contributed by atoms with Crippen LogP contribution >= 0.6 is 0 Å². The van der Waals surface area contributed by atoms with Crippen molar-refractivity contribution in [1.29, 1.82) is 0 Å². The molecule has 152 valence electrons. The maximum atomic E-state index is 13.3. The number of fused-ring (bicyclic) bond motifs is 1. The minimum absolute atomic E-state index is 0.111. The molecule has 2 unspecified atom stereocenters. The third-order valence-electron chi connectivity index (χ3n) is 5.22. The first-order valence-corrected chi connectivity index (χ1v) is 9.12. The molecule has 1 N–H and O–H groups in total. The number of carbonyl (C=O) groups excluding carboxylic acids is 1. The zero-order valence-electron chi connectivity index (χ0n) is 15.8. The van der Waals surface area contributed by atoms with Crippen molar-refractivity contribution in [3.63, 3.8) is 0 Å². The molecule has 1 aromatic heterocycles. The Kier molecular flexibility index (Phi) is 5.12. The molecule has 0 saturated carbocycles. The number of benzene rings is 1. The third kappa shape index (κ3) is 3.57. The fourth-order valence-corrected chi connectivity index (χ4v) is 3.83. The first-order chi connectivity index (χ1) is 13.0. The van der Waals surface area contributed by atoms with E-state index in [9.17, 15) is 27.9 Å². The van der Waals surface area contributed by atoms with Crippen LogP contribution < -0.4 is 0 Å². The number of imidazole rings is 1. The normalized spacial score (nSPS) is 20.8. The van der Waals surface area contributed by atoms with Gasteiger partial charge < -0.3 is 14.6 Å². The SMILES string of the molecule is CC1CN(C(=O)c2ccc3c(c2)nc(C(F)(F)F)n3C(C)C)CCC1C(=O)O. The number of carboxylic acid groups (broad SMARTS) is 1. The van der Waals surface area contributed by atoms with Crippen LogP contribution in [0.5, 0.6) is 0 Å². The van der Waals surface area contributed by atoms with Gasteiger partial charge in [0.1, 0.15) is 0 Å². The van der Waals surface area contributed by atoms with E-state index in [1.807, 2.05) is 0 Å². The fraction of sp³-hybridized carbons (Fsp3) is 0.526. The first-order valence-electron chi connectivity index (χ1n) is 9.12. The molecule has 0 aliphatic carbocycles. The van der Waals surface area contributed by atoms with Crippen molar-refractivity contribution in [2.45, 2.75) is 39.4 Å². The van der Waals surface area contributed by atoms with Gasteiger partial charge in [0.15, 0.2) is 0 Å². The largest absolute Gasteiger partial charge is 0.481 e. The van der Waals surface area contributed by atoms with Gasteiger partial charge in [0.25, 0.3) is 5.91 Å². The van der Waals surface area contributed by atoms with Gasteiger partial charge in [-0.25, -0.2) is 4.98 Å². The Morgan fingerprint density at radius 3 is 2.50 bits per heavy atom. The van der Waals surface area contributed by atoms with Crippen LogP contribution in [0, 0.1) is 11.8 Å². The van der Waals surface area contributed by atoms with Crippen molar-refractivity contribution in [3.8, 4) is 0 Å². The van der Waals surface area contributed by atoms with E-state index in [0.29, 0.717) is 25.0 Å². The number of alkyl halides is 3. The molecule has 1 fully saturated rings. The van der Waals surface area contributed by atoms with Crippen LogP contribution in [-0.2, 0) is 11.0 Å². The van der Waals surface area contributed by atoms with Crippen LogP contribution in [0.2, 0.25) is 0 Å². The maximum Gasteiger partial charge on any atom is 0.449 e. The number of aromatic nitrogens is 2. The Labute approximate surface area is 159 Å². The van der Waals surface area contributed by atoms with Crippen LogP contribution in [0.15, 0.2) is 18.2 Å². The van der Waals surface area contributed by atoms with Crippen LogP contribution in [0.3, 0.4) is 0 Å². The summed E-state index contributed by atoms with van der Waals surface area (Å²) in [6.45, 7) is 5.66. The summed E-state index contributed by atoms with van der Waals surface area (Å²) in [5.74, 6) is -2.89. The summed E-state index contributed by atoms with van der Waals surface area (Å²) >= 11 is 0. The topological polar surface area (TPSA) is 75.4 Å². The van der Waals surface area contributed by atoms with Crippen molar-refractivity contribution in [3.05, 3.63) is 29.6 Å². The molecular weight excluding hydrogens is 375 g/mol. The standard InChI is InChI=1S/C19H22F3N3O3/c1-10(2)25-15-5-4-12(8-14(15)23-18(25)19(20,21)22)16(26)24-7-6-13(17(27)28)11(3)9-24/h4-5,8,10-11,13H,6-7,9H2,1-3H3,(H,27,28). The van der Waals surface area contributed by atoms with E-state index in [-0.39, 0.29) is 22.9 Å². The van der Waals surface area contributed by atoms with Crippen LogP contribution in [-0.4, -0.2) is 44.5 Å². The van der Waals surface area contributed by atoms with Gasteiger partial charge >= 0.3 is 12.1 Å². The van der Waals surface area contributed by atoms with Gasteiger partial charge in [0.2, 0.25) is 5.82 Å². The summed E-state index contributed by atoms with van der Waals surface area (Å²) in [7, 11) is 0. The van der Waals surface area contributed by atoms with Crippen molar-refractivity contribution in [2.75, 3.05) is 13.1 Å². The number of rotatable bonds is 3. The summed E-state index contributed by atoms with van der Waals surface area (Å²) in [6, 6.07) is 3.91. The highest BCUT2D eigenvalue weighted by Crippen LogP contribution is 2.34. The fourth-order valence-electron chi connectivity index (χ4n) is 3.83. The van der Waals surface area contributed by atoms with Crippen LogP contribution in [0.4, 0.5) is 13.2 Å². The number of likely N-dealkylation sites (tertiary alicyclic amines) is 1. The zero-order valence-corrected chi connectivity index (χ0v) is 15.8. The summed E-state index contributed by atoms with van der Waals surface area (Å²) in [5, 5.41) is 9.20. The lowest BCUT2D eigenvalue weighted by molar-refractivity contribution is -0.147. The first kappa shape index (κ1) is 20.2. The van der Waals surface area contributed by atoms with E-state index >= 15 is 0 Å². The second kappa shape index (κ2) is 7.10. The Balaban J connectivity index is 1.93. The Morgan fingerprint density at radius 2 is 1.96 bits per heavy atom. The molecule has 3 rings (SSSR count). The Morgan fingerprint density at radius 1 is 1.29 bits per heavy atom. The zero-order chi connectivity index (χ0) is 20.8. The van der Waals surface area contributed by atoms with Gasteiger partial charge in [0.05, 0.1) is 17.0 Å². The van der Waals surface area contributed by atoms with Crippen molar-refractivity contribution < 1.29 is 27.9 Å². The molecule has 6 nitrogen and oxygen atoms in total. The van der Waals surface area contributed by atoms with Crippen LogP contribution in [0.1, 0.15) is 49.4 Å². The molecule has 28 heavy (non-hydrogen) atoms. The molecule has 2 atom stereocenters. The molecule has 1 aromatic carbocycles. The van der Waals surface area contributed by atoms with Gasteiger partial charge in [-0.3, -0.25) is 9.59 Å². The maximum absolute atomic E-state index is 13.3. The molecular formula is C19H22F3N3O3. The smallest absolute Gasteiger partial charge is 0.449 e. The van der Waals surface area contributed by atoms with Crippen molar-refractivity contribution in [2.24, 2.45) is 11.8 Å². The number of halogens is 3. The second-order valence-electron chi connectivity index (χ2n) is 7.56. The molecule has 0 spiro atoms. The molecule has 9 heteroatoms. The molecule has 1 amide bonds. The summed E-state index contributed by atoms with van der Waals surface area (Å²) in [6.07, 6.45) is -4.24. The average Bonchev–Trinajstić information content (AvgIpc) is 2.99. The van der Waals surface area contributed by atoms with E-state index in [0.717, 1.165) is 4.57 Å². The lowest BCUT2D eigenvalue weighted by Gasteiger charge is -2.35. The lowest BCUT2D eigenvalue weighted by atomic mass is 9.87. The van der Waals surface area contributed by atoms with Gasteiger partial charge in [-0.15, -0.1) is 0 Å². The number of hydrogen-bond acceptors (Lipinski definition) is 3. The summed E-state index contributed by atoms with van der Waals surface area (Å²) in [5.41, 5.74) is 0.674. The lowest BCUT2D eigenvalue weighted by Crippen LogP contribution is -2.45. The quantitative estimate of drug-likeness (QED) is 0.854. The van der Waals surface area contributed by atoms with E-state index in [4.69, 9.17) is 0 Å². The highest BCUT2D eigenvalue weighted by molar-refractivity contribution is 5.97. The second-order valence-corrected chi connectivity index (χ2v) is 7.56. The average molecular weight is 397 g/mol. The van der Waals surface area contributed by atoms with Gasteiger partial charge in [-0.05, 0) is 44.4 Å². The van der Waals surface area contributed by atoms with Crippen molar-refractivity contribution in [1.82, 2.24) is 14.5 Å². The minimum Gasteiger partial charge on any atom is -0.481 e. The highest BCUT2D eigenvalue weighted by Gasteiger charge is 2.38.